The molecule has 4 heteroatoms. The van der Waals surface area contributed by atoms with Gasteiger partial charge < -0.3 is 10.2 Å². The Labute approximate surface area is 109 Å². The summed E-state index contributed by atoms with van der Waals surface area (Å²) < 4.78 is 0. The van der Waals surface area contributed by atoms with Crippen LogP contribution in [-0.4, -0.2) is 30.7 Å². The quantitative estimate of drug-likeness (QED) is 0.879. The van der Waals surface area contributed by atoms with Crippen LogP contribution in [0, 0.1) is 11.3 Å². The number of aromatic nitrogens is 1. The lowest BCUT2D eigenvalue weighted by Gasteiger charge is -2.36. The summed E-state index contributed by atoms with van der Waals surface area (Å²) in [5.41, 5.74) is 1.62. The summed E-state index contributed by atoms with van der Waals surface area (Å²) in [5.74, 6) is 0. The predicted molar refractivity (Wildman–Crippen MR) is 72.5 cm³/mol. The maximum atomic E-state index is 8.94. The number of nitrogens with one attached hydrogen (secondary N) is 1. The van der Waals surface area contributed by atoms with Gasteiger partial charge in [0.1, 0.15) is 11.8 Å². The Hall–Kier alpha value is -1.60. The molecule has 2 heterocycles. The molecular weight excluding hydrogens is 224 g/mol. The molecule has 0 amide bonds. The zero-order chi connectivity index (χ0) is 12.8. The molecule has 0 bridgehead atoms. The van der Waals surface area contributed by atoms with E-state index in [2.05, 4.69) is 28.2 Å². The standard InChI is InChI=1S/C14H20N4/c1-2-8-18(14-4-3-6-16-11-14)13-5-7-17-12(9-13)10-15/h5,7,9,14,16H,2-4,6,8,11H2,1H3. The van der Waals surface area contributed by atoms with Gasteiger partial charge in [0.05, 0.1) is 0 Å². The van der Waals surface area contributed by atoms with Crippen LogP contribution in [0.1, 0.15) is 31.9 Å². The molecule has 1 aliphatic heterocycles. The van der Waals surface area contributed by atoms with Crippen LogP contribution in [0.4, 0.5) is 5.69 Å². The van der Waals surface area contributed by atoms with Gasteiger partial charge in [-0.15, -0.1) is 0 Å². The van der Waals surface area contributed by atoms with Crippen molar-refractivity contribution >= 4 is 5.69 Å². The molecule has 1 aromatic heterocycles. The van der Waals surface area contributed by atoms with Crippen molar-refractivity contribution in [2.45, 2.75) is 32.2 Å². The van der Waals surface area contributed by atoms with Crippen LogP contribution < -0.4 is 10.2 Å². The fourth-order valence-electron chi connectivity index (χ4n) is 2.52. The van der Waals surface area contributed by atoms with E-state index in [1.165, 1.54) is 12.8 Å². The monoisotopic (exact) mass is 244 g/mol. The summed E-state index contributed by atoms with van der Waals surface area (Å²) >= 11 is 0. The SMILES string of the molecule is CCCN(c1ccnc(C#N)c1)C1CCCNC1. The number of rotatable bonds is 4. The van der Waals surface area contributed by atoms with E-state index in [9.17, 15) is 0 Å². The molecule has 0 aliphatic carbocycles. The number of anilines is 1. The maximum Gasteiger partial charge on any atom is 0.142 e. The number of piperidine rings is 1. The van der Waals surface area contributed by atoms with Crippen LogP contribution in [0.3, 0.4) is 0 Å². The van der Waals surface area contributed by atoms with Gasteiger partial charge in [-0.1, -0.05) is 6.92 Å². The van der Waals surface area contributed by atoms with Gasteiger partial charge in [0, 0.05) is 31.0 Å². The van der Waals surface area contributed by atoms with Crippen molar-refractivity contribution in [3.8, 4) is 6.07 Å². The molecule has 0 saturated carbocycles. The van der Waals surface area contributed by atoms with Crippen molar-refractivity contribution in [3.63, 3.8) is 0 Å². The van der Waals surface area contributed by atoms with E-state index >= 15 is 0 Å². The average Bonchev–Trinajstić information content (AvgIpc) is 2.46. The van der Waals surface area contributed by atoms with E-state index in [1.807, 2.05) is 12.1 Å². The summed E-state index contributed by atoms with van der Waals surface area (Å²) in [6.07, 6.45) is 5.28. The largest absolute Gasteiger partial charge is 0.367 e. The molecule has 1 saturated heterocycles. The number of hydrogen-bond acceptors (Lipinski definition) is 4. The molecular formula is C14H20N4. The highest BCUT2D eigenvalue weighted by molar-refractivity contribution is 5.49. The molecule has 0 spiro atoms. The van der Waals surface area contributed by atoms with Gasteiger partial charge in [-0.25, -0.2) is 4.98 Å². The maximum absolute atomic E-state index is 8.94. The van der Waals surface area contributed by atoms with Gasteiger partial charge in [-0.3, -0.25) is 0 Å². The number of nitriles is 1. The van der Waals surface area contributed by atoms with Crippen LogP contribution in [0.25, 0.3) is 0 Å². The highest BCUT2D eigenvalue weighted by Crippen LogP contribution is 2.21. The fourth-order valence-corrected chi connectivity index (χ4v) is 2.52. The lowest BCUT2D eigenvalue weighted by Crippen LogP contribution is -2.46. The minimum absolute atomic E-state index is 0.498. The molecule has 1 atom stereocenters. The second kappa shape index (κ2) is 6.36. The first-order valence-electron chi connectivity index (χ1n) is 6.68. The summed E-state index contributed by atoms with van der Waals surface area (Å²) in [4.78, 5) is 6.45. The van der Waals surface area contributed by atoms with Gasteiger partial charge in [0.15, 0.2) is 0 Å². The van der Waals surface area contributed by atoms with Crippen molar-refractivity contribution in [2.75, 3.05) is 24.5 Å². The summed E-state index contributed by atoms with van der Waals surface area (Å²) in [7, 11) is 0. The molecule has 18 heavy (non-hydrogen) atoms. The summed E-state index contributed by atoms with van der Waals surface area (Å²) in [5, 5.41) is 12.4. The molecule has 1 N–H and O–H groups in total. The molecule has 96 valence electrons. The minimum atomic E-state index is 0.498. The Morgan fingerprint density at radius 1 is 1.61 bits per heavy atom. The number of nitrogens with zero attached hydrogens (tertiary/aromatic N) is 3. The Morgan fingerprint density at radius 2 is 2.50 bits per heavy atom. The molecule has 1 aliphatic rings. The van der Waals surface area contributed by atoms with Gasteiger partial charge in [-0.2, -0.15) is 5.26 Å². The third kappa shape index (κ3) is 2.99. The Morgan fingerprint density at radius 3 is 3.17 bits per heavy atom. The Balaban J connectivity index is 2.19. The molecule has 4 nitrogen and oxygen atoms in total. The first-order chi connectivity index (χ1) is 8.85. The summed E-state index contributed by atoms with van der Waals surface area (Å²) in [6.45, 7) is 5.37. The molecule has 1 fully saturated rings. The van der Waals surface area contributed by atoms with Crippen molar-refractivity contribution in [2.24, 2.45) is 0 Å². The van der Waals surface area contributed by atoms with Gasteiger partial charge in [0.2, 0.25) is 0 Å². The lowest BCUT2D eigenvalue weighted by atomic mass is 10.0. The summed E-state index contributed by atoms with van der Waals surface area (Å²) in [6, 6.07) is 6.55. The fraction of sp³-hybridized carbons (Fsp3) is 0.571. The van der Waals surface area contributed by atoms with Crippen LogP contribution >= 0.6 is 0 Å². The normalized spacial score (nSPS) is 19.2. The van der Waals surface area contributed by atoms with E-state index in [1.54, 1.807) is 6.20 Å². The first kappa shape index (κ1) is 12.8. The van der Waals surface area contributed by atoms with Crippen molar-refractivity contribution in [1.29, 1.82) is 5.26 Å². The van der Waals surface area contributed by atoms with E-state index in [-0.39, 0.29) is 0 Å². The zero-order valence-electron chi connectivity index (χ0n) is 10.9. The second-order valence-corrected chi connectivity index (χ2v) is 4.70. The van der Waals surface area contributed by atoms with Gasteiger partial charge in [-0.05, 0) is 37.9 Å². The molecule has 1 aromatic rings. The zero-order valence-corrected chi connectivity index (χ0v) is 10.9. The van der Waals surface area contributed by atoms with E-state index in [4.69, 9.17) is 5.26 Å². The topological polar surface area (TPSA) is 52.0 Å². The predicted octanol–water partition coefficient (Wildman–Crippen LogP) is 1.92. The first-order valence-corrected chi connectivity index (χ1v) is 6.68. The van der Waals surface area contributed by atoms with E-state index < -0.39 is 0 Å². The third-order valence-corrected chi connectivity index (χ3v) is 3.37. The molecule has 0 radical (unpaired) electrons. The Kier molecular flexibility index (Phi) is 4.54. The van der Waals surface area contributed by atoms with Crippen molar-refractivity contribution in [1.82, 2.24) is 10.3 Å². The van der Waals surface area contributed by atoms with Crippen LogP contribution in [0.2, 0.25) is 0 Å². The highest BCUT2D eigenvalue weighted by atomic mass is 15.2. The van der Waals surface area contributed by atoms with Crippen LogP contribution in [0.15, 0.2) is 18.3 Å². The second-order valence-electron chi connectivity index (χ2n) is 4.70. The molecule has 2 rings (SSSR count). The molecule has 0 aromatic carbocycles. The minimum Gasteiger partial charge on any atom is -0.367 e. The van der Waals surface area contributed by atoms with Crippen molar-refractivity contribution in [3.05, 3.63) is 24.0 Å². The van der Waals surface area contributed by atoms with E-state index in [0.717, 1.165) is 31.7 Å². The lowest BCUT2D eigenvalue weighted by molar-refractivity contribution is 0.431. The van der Waals surface area contributed by atoms with E-state index in [0.29, 0.717) is 11.7 Å². The average molecular weight is 244 g/mol. The number of hydrogen-bond donors (Lipinski definition) is 1. The van der Waals surface area contributed by atoms with Crippen LogP contribution in [0.5, 0.6) is 0 Å². The molecule has 1 unspecified atom stereocenters. The van der Waals surface area contributed by atoms with Crippen molar-refractivity contribution < 1.29 is 0 Å². The smallest absolute Gasteiger partial charge is 0.142 e. The van der Waals surface area contributed by atoms with Gasteiger partial charge >= 0.3 is 0 Å². The third-order valence-electron chi connectivity index (χ3n) is 3.37. The van der Waals surface area contributed by atoms with Crippen LogP contribution in [-0.2, 0) is 0 Å². The number of pyridine rings is 1. The highest BCUT2D eigenvalue weighted by Gasteiger charge is 2.20. The Bertz CT molecular complexity index is 418. The van der Waals surface area contributed by atoms with Gasteiger partial charge in [0.25, 0.3) is 0 Å².